The maximum Gasteiger partial charge on any atom is 0.343 e. The van der Waals surface area contributed by atoms with E-state index in [2.05, 4.69) is 6.58 Å². The summed E-state index contributed by atoms with van der Waals surface area (Å²) < 4.78 is 16.4. The van der Waals surface area contributed by atoms with E-state index in [1.165, 1.54) is 6.08 Å². The Morgan fingerprint density at radius 1 is 0.686 bits per heavy atom. The zero-order valence-corrected chi connectivity index (χ0v) is 19.6. The lowest BCUT2D eigenvalue weighted by molar-refractivity contribution is -0.137. The molecule has 0 saturated carbocycles. The Balaban J connectivity index is 1.27. The smallest absolute Gasteiger partial charge is 0.343 e. The fourth-order valence-electron chi connectivity index (χ4n) is 3.82. The monoisotopic (exact) mass is 468 g/mol. The molecule has 0 amide bonds. The largest absolute Gasteiger partial charge is 0.494 e. The highest BCUT2D eigenvalue weighted by molar-refractivity contribution is 5.97. The number of carbonyl (C=O) groups excluding carboxylic acids is 2. The minimum absolute atomic E-state index is 0.376. The molecule has 0 atom stereocenters. The van der Waals surface area contributed by atoms with E-state index in [1.54, 1.807) is 6.07 Å². The van der Waals surface area contributed by atoms with Gasteiger partial charge in [-0.1, -0.05) is 49.0 Å². The lowest BCUT2D eigenvalue weighted by Crippen LogP contribution is -2.08. The molecule has 0 radical (unpaired) electrons. The molecule has 0 aromatic heterocycles. The second-order valence-corrected chi connectivity index (χ2v) is 8.26. The third kappa shape index (κ3) is 6.70. The van der Waals surface area contributed by atoms with E-state index < -0.39 is 0 Å². The van der Waals surface area contributed by atoms with Crippen LogP contribution in [-0.4, -0.2) is 25.2 Å². The average molecular weight is 469 g/mol. The number of hydrogen-bond acceptors (Lipinski definition) is 5. The maximum atomic E-state index is 12.7. The lowest BCUT2D eigenvalue weighted by Gasteiger charge is -2.09. The van der Waals surface area contributed by atoms with Crippen LogP contribution in [0.4, 0.5) is 0 Å². The van der Waals surface area contributed by atoms with Crippen LogP contribution < -0.4 is 9.47 Å². The summed E-state index contributed by atoms with van der Waals surface area (Å²) in [5, 5.41) is 4.06. The van der Waals surface area contributed by atoms with Crippen LogP contribution in [0.2, 0.25) is 0 Å². The second-order valence-electron chi connectivity index (χ2n) is 8.26. The van der Waals surface area contributed by atoms with Crippen molar-refractivity contribution in [3.8, 4) is 11.5 Å². The van der Waals surface area contributed by atoms with E-state index >= 15 is 0 Å². The van der Waals surface area contributed by atoms with Crippen molar-refractivity contribution in [2.75, 3.05) is 13.2 Å². The van der Waals surface area contributed by atoms with Crippen LogP contribution in [0.5, 0.6) is 11.5 Å². The van der Waals surface area contributed by atoms with Crippen LogP contribution in [0.3, 0.4) is 0 Å². The van der Waals surface area contributed by atoms with Gasteiger partial charge in [0.25, 0.3) is 0 Å². The molecule has 4 aromatic carbocycles. The quantitative estimate of drug-likeness (QED) is 0.104. The molecule has 0 unspecified atom stereocenters. The van der Waals surface area contributed by atoms with Crippen molar-refractivity contribution in [3.05, 3.63) is 97.1 Å². The van der Waals surface area contributed by atoms with E-state index in [0.717, 1.165) is 53.0 Å². The molecule has 35 heavy (non-hydrogen) atoms. The first-order chi connectivity index (χ1) is 17.1. The van der Waals surface area contributed by atoms with Gasteiger partial charge in [-0.15, -0.1) is 0 Å². The van der Waals surface area contributed by atoms with Crippen LogP contribution in [0.1, 0.15) is 36.0 Å². The third-order valence-electron chi connectivity index (χ3n) is 5.70. The van der Waals surface area contributed by atoms with Crippen molar-refractivity contribution < 1.29 is 23.8 Å². The van der Waals surface area contributed by atoms with E-state index in [-0.39, 0.29) is 11.9 Å². The molecule has 5 nitrogen and oxygen atoms in total. The Morgan fingerprint density at radius 3 is 2.14 bits per heavy atom. The van der Waals surface area contributed by atoms with Crippen LogP contribution in [0.15, 0.2) is 91.5 Å². The fraction of sp³-hybridized carbons (Fsp3) is 0.200. The van der Waals surface area contributed by atoms with Gasteiger partial charge in [-0.3, -0.25) is 0 Å². The van der Waals surface area contributed by atoms with Crippen molar-refractivity contribution in [1.29, 1.82) is 0 Å². The van der Waals surface area contributed by atoms with Crippen LogP contribution in [-0.2, 0) is 9.53 Å². The van der Waals surface area contributed by atoms with Gasteiger partial charge < -0.3 is 14.2 Å². The Morgan fingerprint density at radius 2 is 1.31 bits per heavy atom. The second kappa shape index (κ2) is 11.8. The summed E-state index contributed by atoms with van der Waals surface area (Å²) in [6.07, 6.45) is 4.91. The van der Waals surface area contributed by atoms with Gasteiger partial charge >= 0.3 is 11.9 Å². The standard InChI is InChI=1S/C30H28O5/c1-2-29(31)34-18-8-4-3-7-17-33-27-15-14-24-19-26(12-11-25(24)20-27)30(32)35-28-16-13-22-9-5-6-10-23(22)21-28/h2,5-6,9-16,19-21H,1,3-4,7-8,17-18H2. The first-order valence-electron chi connectivity index (χ1n) is 11.8. The van der Waals surface area contributed by atoms with Crippen LogP contribution >= 0.6 is 0 Å². The molecular weight excluding hydrogens is 440 g/mol. The Bertz CT molecular complexity index is 1340. The number of esters is 2. The summed E-state index contributed by atoms with van der Waals surface area (Å²) in [5.41, 5.74) is 0.498. The molecule has 4 rings (SSSR count). The fourth-order valence-corrected chi connectivity index (χ4v) is 3.82. The highest BCUT2D eigenvalue weighted by Gasteiger charge is 2.10. The van der Waals surface area contributed by atoms with E-state index in [1.807, 2.05) is 72.8 Å². The van der Waals surface area contributed by atoms with Gasteiger partial charge in [0, 0.05) is 6.08 Å². The highest BCUT2D eigenvalue weighted by atomic mass is 16.5. The molecule has 0 fully saturated rings. The lowest BCUT2D eigenvalue weighted by atomic mass is 10.1. The predicted molar refractivity (Wildman–Crippen MR) is 138 cm³/mol. The van der Waals surface area contributed by atoms with Gasteiger partial charge in [0.15, 0.2) is 0 Å². The maximum absolute atomic E-state index is 12.7. The molecule has 0 heterocycles. The minimum atomic E-state index is -0.387. The molecule has 0 N–H and O–H groups in total. The van der Waals surface area contributed by atoms with Crippen molar-refractivity contribution in [2.45, 2.75) is 25.7 Å². The number of rotatable bonds is 11. The molecule has 0 aliphatic carbocycles. The zero-order valence-electron chi connectivity index (χ0n) is 19.6. The minimum Gasteiger partial charge on any atom is -0.494 e. The molecular formula is C30H28O5. The molecule has 0 aliphatic heterocycles. The first kappa shape index (κ1) is 24.0. The molecule has 0 bridgehead atoms. The number of hydrogen-bond donors (Lipinski definition) is 0. The molecule has 0 aliphatic rings. The number of ether oxygens (including phenoxy) is 3. The predicted octanol–water partition coefficient (Wildman–Crippen LogP) is 6.88. The van der Waals surface area contributed by atoms with E-state index in [9.17, 15) is 9.59 Å². The third-order valence-corrected chi connectivity index (χ3v) is 5.70. The van der Waals surface area contributed by atoms with Crippen molar-refractivity contribution in [1.82, 2.24) is 0 Å². The van der Waals surface area contributed by atoms with E-state index in [4.69, 9.17) is 14.2 Å². The van der Waals surface area contributed by atoms with E-state index in [0.29, 0.717) is 24.5 Å². The summed E-state index contributed by atoms with van der Waals surface area (Å²) in [5.74, 6) is 0.555. The average Bonchev–Trinajstić information content (AvgIpc) is 2.89. The summed E-state index contributed by atoms with van der Waals surface area (Å²) >= 11 is 0. The summed E-state index contributed by atoms with van der Waals surface area (Å²) in [7, 11) is 0. The highest BCUT2D eigenvalue weighted by Crippen LogP contribution is 2.25. The Labute approximate surface area is 204 Å². The molecule has 0 spiro atoms. The molecule has 5 heteroatoms. The van der Waals surface area contributed by atoms with Gasteiger partial charge in [0.1, 0.15) is 11.5 Å². The molecule has 178 valence electrons. The first-order valence-corrected chi connectivity index (χ1v) is 11.8. The van der Waals surface area contributed by atoms with Gasteiger partial charge in [0.2, 0.25) is 0 Å². The normalized spacial score (nSPS) is 10.7. The van der Waals surface area contributed by atoms with Crippen molar-refractivity contribution >= 4 is 33.5 Å². The summed E-state index contributed by atoms with van der Waals surface area (Å²) in [4.78, 5) is 23.7. The SMILES string of the molecule is C=CC(=O)OCCCCCCOc1ccc2cc(C(=O)Oc3ccc4ccccc4c3)ccc2c1. The van der Waals surface area contributed by atoms with Gasteiger partial charge in [0.05, 0.1) is 18.8 Å². The van der Waals surface area contributed by atoms with Gasteiger partial charge in [-0.25, -0.2) is 9.59 Å². The number of benzene rings is 4. The molecule has 4 aromatic rings. The van der Waals surface area contributed by atoms with Crippen LogP contribution in [0, 0.1) is 0 Å². The summed E-state index contributed by atoms with van der Waals surface area (Å²) in [6.45, 7) is 4.42. The van der Waals surface area contributed by atoms with Crippen molar-refractivity contribution in [2.24, 2.45) is 0 Å². The number of unbranched alkanes of at least 4 members (excludes halogenated alkanes) is 3. The van der Waals surface area contributed by atoms with Gasteiger partial charge in [-0.2, -0.15) is 0 Å². The topological polar surface area (TPSA) is 61.8 Å². The Kier molecular flexibility index (Phi) is 8.12. The van der Waals surface area contributed by atoms with Crippen molar-refractivity contribution in [3.63, 3.8) is 0 Å². The Hall–Kier alpha value is -4.12. The number of fused-ring (bicyclic) bond motifs is 2. The molecule has 0 saturated heterocycles. The van der Waals surface area contributed by atoms with Crippen LogP contribution in [0.25, 0.3) is 21.5 Å². The van der Waals surface area contributed by atoms with Gasteiger partial charge in [-0.05, 0) is 83.6 Å². The zero-order chi connectivity index (χ0) is 24.5. The summed E-state index contributed by atoms with van der Waals surface area (Å²) in [6, 6.07) is 24.9. The number of carbonyl (C=O) groups is 2.